The Morgan fingerprint density at radius 1 is 1.20 bits per heavy atom. The van der Waals surface area contributed by atoms with Crippen LogP contribution in [0, 0.1) is 0 Å². The highest BCUT2D eigenvalue weighted by atomic mass is 17.3. The van der Waals surface area contributed by atoms with Crippen LogP contribution in [0.4, 0.5) is 0 Å². The monoisotopic (exact) mass is 216 g/mol. The summed E-state index contributed by atoms with van der Waals surface area (Å²) in [6, 6.07) is 0. The maximum absolute atomic E-state index is 11.4. The van der Waals surface area contributed by atoms with Crippen LogP contribution < -0.4 is 0 Å². The van der Waals surface area contributed by atoms with Gasteiger partial charge in [-0.05, 0) is 12.8 Å². The van der Waals surface area contributed by atoms with Crippen molar-refractivity contribution in [3.63, 3.8) is 0 Å². The lowest BCUT2D eigenvalue weighted by molar-refractivity contribution is -0.348. The molecule has 2 aliphatic rings. The van der Waals surface area contributed by atoms with Crippen molar-refractivity contribution in [2.45, 2.75) is 50.6 Å². The fourth-order valence-electron chi connectivity index (χ4n) is 2.08. The third-order valence-electron chi connectivity index (χ3n) is 2.90. The molecule has 2 fully saturated rings. The SMILES string of the molecule is COC(=O)C1(C)OOC2(CCCCC2)O1. The largest absolute Gasteiger partial charge is 0.465 e. The summed E-state index contributed by atoms with van der Waals surface area (Å²) in [6.07, 6.45) is 4.75. The molecule has 0 aromatic carbocycles. The van der Waals surface area contributed by atoms with E-state index >= 15 is 0 Å². The molecule has 2 rings (SSSR count). The molecule has 0 aromatic heterocycles. The molecule has 1 unspecified atom stereocenters. The van der Waals surface area contributed by atoms with Crippen LogP contribution in [0.2, 0.25) is 0 Å². The van der Waals surface area contributed by atoms with Crippen LogP contribution >= 0.6 is 0 Å². The van der Waals surface area contributed by atoms with Crippen molar-refractivity contribution < 1.29 is 24.0 Å². The maximum Gasteiger partial charge on any atom is 0.369 e. The van der Waals surface area contributed by atoms with Gasteiger partial charge in [0.15, 0.2) is 0 Å². The lowest BCUT2D eigenvalue weighted by atomic mass is 9.94. The number of ether oxygens (including phenoxy) is 2. The fraction of sp³-hybridized carbons (Fsp3) is 0.900. The van der Waals surface area contributed by atoms with Gasteiger partial charge in [0, 0.05) is 19.8 Å². The van der Waals surface area contributed by atoms with Gasteiger partial charge in [-0.15, -0.1) is 0 Å². The zero-order valence-corrected chi connectivity index (χ0v) is 9.08. The van der Waals surface area contributed by atoms with E-state index in [-0.39, 0.29) is 0 Å². The molecule has 1 aliphatic heterocycles. The Bertz CT molecular complexity index is 259. The normalized spacial score (nSPS) is 34.3. The standard InChI is InChI=1S/C10H16O5/c1-9(8(11)12-2)13-10(15-14-9)6-4-3-5-7-10/h3-7H2,1-2H3. The Hall–Kier alpha value is -0.650. The topological polar surface area (TPSA) is 54.0 Å². The van der Waals surface area contributed by atoms with Crippen molar-refractivity contribution in [3.05, 3.63) is 0 Å². The van der Waals surface area contributed by atoms with Crippen LogP contribution in [0.15, 0.2) is 0 Å². The van der Waals surface area contributed by atoms with Crippen LogP contribution in [0.5, 0.6) is 0 Å². The van der Waals surface area contributed by atoms with Crippen molar-refractivity contribution in [1.82, 2.24) is 0 Å². The van der Waals surface area contributed by atoms with Gasteiger partial charge in [-0.3, -0.25) is 0 Å². The molecule has 1 atom stereocenters. The van der Waals surface area contributed by atoms with Crippen LogP contribution in [0.3, 0.4) is 0 Å². The minimum atomic E-state index is -1.41. The Labute approximate surface area is 88.6 Å². The number of carbonyl (C=O) groups is 1. The molecule has 0 amide bonds. The van der Waals surface area contributed by atoms with Crippen molar-refractivity contribution in [3.8, 4) is 0 Å². The van der Waals surface area contributed by atoms with Gasteiger partial charge in [-0.25, -0.2) is 4.79 Å². The first kappa shape index (κ1) is 10.9. The molecule has 15 heavy (non-hydrogen) atoms. The highest BCUT2D eigenvalue weighted by Crippen LogP contribution is 2.42. The molecule has 86 valence electrons. The van der Waals surface area contributed by atoms with Gasteiger partial charge >= 0.3 is 5.97 Å². The second kappa shape index (κ2) is 3.73. The minimum Gasteiger partial charge on any atom is -0.465 e. The predicted octanol–water partition coefficient (Wildman–Crippen LogP) is 1.51. The van der Waals surface area contributed by atoms with Crippen molar-refractivity contribution in [1.29, 1.82) is 0 Å². The van der Waals surface area contributed by atoms with Gasteiger partial charge in [0.1, 0.15) is 0 Å². The molecular weight excluding hydrogens is 200 g/mol. The highest BCUT2D eigenvalue weighted by molar-refractivity contribution is 5.77. The molecule has 5 nitrogen and oxygen atoms in total. The molecule has 0 radical (unpaired) electrons. The number of carbonyl (C=O) groups excluding carboxylic acids is 1. The van der Waals surface area contributed by atoms with Crippen LogP contribution in [0.1, 0.15) is 39.0 Å². The second-order valence-corrected chi connectivity index (χ2v) is 4.18. The number of rotatable bonds is 1. The van der Waals surface area contributed by atoms with E-state index in [4.69, 9.17) is 14.5 Å². The molecule has 5 heteroatoms. The number of methoxy groups -OCH3 is 1. The first-order valence-corrected chi connectivity index (χ1v) is 5.26. The molecule has 1 saturated carbocycles. The summed E-state index contributed by atoms with van der Waals surface area (Å²) in [4.78, 5) is 21.6. The summed E-state index contributed by atoms with van der Waals surface area (Å²) in [5, 5.41) is 0. The Morgan fingerprint density at radius 3 is 2.47 bits per heavy atom. The average molecular weight is 216 g/mol. The van der Waals surface area contributed by atoms with E-state index in [1.165, 1.54) is 20.5 Å². The molecule has 1 saturated heterocycles. The van der Waals surface area contributed by atoms with Crippen molar-refractivity contribution in [2.75, 3.05) is 7.11 Å². The molecule has 0 aromatic rings. The van der Waals surface area contributed by atoms with Gasteiger partial charge in [0.25, 0.3) is 5.79 Å². The lowest BCUT2D eigenvalue weighted by Crippen LogP contribution is -2.42. The second-order valence-electron chi connectivity index (χ2n) is 4.18. The maximum atomic E-state index is 11.4. The molecule has 0 N–H and O–H groups in total. The van der Waals surface area contributed by atoms with Crippen LogP contribution in [-0.4, -0.2) is 24.7 Å². The molecule has 1 aliphatic carbocycles. The van der Waals surface area contributed by atoms with Crippen molar-refractivity contribution in [2.24, 2.45) is 0 Å². The van der Waals surface area contributed by atoms with E-state index in [0.717, 1.165) is 25.7 Å². The first-order chi connectivity index (χ1) is 7.10. The highest BCUT2D eigenvalue weighted by Gasteiger charge is 2.55. The summed E-state index contributed by atoms with van der Waals surface area (Å²) in [7, 11) is 1.30. The molecule has 1 spiro atoms. The van der Waals surface area contributed by atoms with Gasteiger partial charge in [0.05, 0.1) is 7.11 Å². The summed E-state index contributed by atoms with van der Waals surface area (Å²) in [5.41, 5.74) is 0. The van der Waals surface area contributed by atoms with Crippen LogP contribution in [-0.2, 0) is 24.0 Å². The molecular formula is C10H16O5. The zero-order valence-electron chi connectivity index (χ0n) is 9.08. The van der Waals surface area contributed by atoms with Crippen LogP contribution in [0.25, 0.3) is 0 Å². The zero-order chi connectivity index (χ0) is 10.9. The Kier molecular flexibility index (Phi) is 2.70. The summed E-state index contributed by atoms with van der Waals surface area (Å²) in [6.45, 7) is 1.52. The molecule has 0 bridgehead atoms. The van der Waals surface area contributed by atoms with E-state index in [0.29, 0.717) is 0 Å². The minimum absolute atomic E-state index is 0.565. The number of esters is 1. The smallest absolute Gasteiger partial charge is 0.369 e. The lowest BCUT2D eigenvalue weighted by Gasteiger charge is -2.29. The van der Waals surface area contributed by atoms with Gasteiger partial charge in [-0.1, -0.05) is 6.42 Å². The van der Waals surface area contributed by atoms with E-state index in [9.17, 15) is 4.79 Å². The first-order valence-electron chi connectivity index (χ1n) is 5.26. The Morgan fingerprint density at radius 2 is 1.87 bits per heavy atom. The van der Waals surface area contributed by atoms with E-state index in [1.54, 1.807) is 0 Å². The van der Waals surface area contributed by atoms with Gasteiger partial charge < -0.3 is 9.47 Å². The number of hydrogen-bond acceptors (Lipinski definition) is 5. The van der Waals surface area contributed by atoms with Crippen molar-refractivity contribution >= 4 is 5.97 Å². The van der Waals surface area contributed by atoms with Gasteiger partial charge in [-0.2, -0.15) is 9.78 Å². The van der Waals surface area contributed by atoms with Gasteiger partial charge in [0.2, 0.25) is 5.79 Å². The third kappa shape index (κ3) is 1.87. The third-order valence-corrected chi connectivity index (χ3v) is 2.90. The summed E-state index contributed by atoms with van der Waals surface area (Å²) < 4.78 is 10.2. The summed E-state index contributed by atoms with van der Waals surface area (Å²) in [5.74, 6) is -2.71. The van der Waals surface area contributed by atoms with E-state index in [2.05, 4.69) is 4.74 Å². The summed E-state index contributed by atoms with van der Waals surface area (Å²) >= 11 is 0. The average Bonchev–Trinajstić information content (AvgIpc) is 2.57. The van der Waals surface area contributed by atoms with E-state index in [1.807, 2.05) is 0 Å². The predicted molar refractivity (Wildman–Crippen MR) is 49.5 cm³/mol. The quantitative estimate of drug-likeness (QED) is 0.491. The number of hydrogen-bond donors (Lipinski definition) is 0. The Balaban J connectivity index is 2.07. The van der Waals surface area contributed by atoms with E-state index < -0.39 is 17.5 Å². The fourth-order valence-corrected chi connectivity index (χ4v) is 2.08. The molecule has 1 heterocycles.